The van der Waals surface area contributed by atoms with Gasteiger partial charge in [-0.15, -0.1) is 0 Å². The van der Waals surface area contributed by atoms with Crippen LogP contribution in [-0.2, 0) is 26.8 Å². The summed E-state index contributed by atoms with van der Waals surface area (Å²) >= 11 is 2.78. The van der Waals surface area contributed by atoms with Crippen molar-refractivity contribution in [1.82, 2.24) is 0 Å². The number of thiazole rings is 1. The van der Waals surface area contributed by atoms with Crippen LogP contribution in [0, 0.1) is 11.6 Å². The minimum atomic E-state index is -4.40. The molecule has 8 nitrogen and oxygen atoms in total. The van der Waals surface area contributed by atoms with Crippen molar-refractivity contribution in [2.24, 2.45) is 0 Å². The van der Waals surface area contributed by atoms with E-state index in [2.05, 4.69) is 0 Å². The molecule has 40 heavy (non-hydrogen) atoms. The van der Waals surface area contributed by atoms with Gasteiger partial charge < -0.3 is 14.0 Å². The first-order valence-corrected chi connectivity index (χ1v) is 16.8. The number of anilines is 1. The summed E-state index contributed by atoms with van der Waals surface area (Å²) in [6.07, 6.45) is 4.50. The average molecular weight is 639 g/mol. The Morgan fingerprint density at radius 3 is 2.33 bits per heavy atom. The molecule has 0 radical (unpaired) electrons. The molecule has 0 bridgehead atoms. The molecule has 15 heteroatoms. The van der Waals surface area contributed by atoms with Gasteiger partial charge in [-0.05, 0) is 54.8 Å². The SMILES string of the molecule is CCC(=Cc1sc2ccc(F)cc2[n+]1CCCS(=O)(=O)[O-])C=C1Sc2ccc(F)cc2N1CCCS(=O)(=O)[O-].[Na+]. The van der Waals surface area contributed by atoms with Gasteiger partial charge >= 0.3 is 29.6 Å². The van der Waals surface area contributed by atoms with Crippen LogP contribution in [0.5, 0.6) is 0 Å². The molecule has 3 aromatic rings. The zero-order valence-corrected chi connectivity index (χ0v) is 27.1. The quantitative estimate of drug-likeness (QED) is 0.176. The van der Waals surface area contributed by atoms with E-state index in [4.69, 9.17) is 0 Å². The summed E-state index contributed by atoms with van der Waals surface area (Å²) < 4.78 is 97.4. The number of rotatable bonds is 11. The predicted octanol–water partition coefficient (Wildman–Crippen LogP) is 1.59. The van der Waals surface area contributed by atoms with E-state index < -0.39 is 43.4 Å². The van der Waals surface area contributed by atoms with Crippen LogP contribution in [-0.4, -0.2) is 44.0 Å². The van der Waals surface area contributed by atoms with Gasteiger partial charge in [0.05, 0.1) is 31.0 Å². The Bertz CT molecular complexity index is 1670. The fraction of sp³-hybridized carbons (Fsp3) is 0.320. The largest absolute Gasteiger partial charge is 1.00 e. The molecule has 2 aromatic carbocycles. The first-order chi connectivity index (χ1) is 18.3. The van der Waals surface area contributed by atoms with Crippen LogP contribution in [0.2, 0.25) is 0 Å². The molecule has 0 saturated carbocycles. The van der Waals surface area contributed by atoms with Crippen molar-refractivity contribution in [2.75, 3.05) is 23.0 Å². The molecule has 0 amide bonds. The van der Waals surface area contributed by atoms with Crippen molar-refractivity contribution in [3.63, 3.8) is 0 Å². The Kier molecular flexibility index (Phi) is 11.4. The molecule has 0 aliphatic carbocycles. The molecule has 1 aromatic heterocycles. The van der Waals surface area contributed by atoms with E-state index in [9.17, 15) is 34.7 Å². The summed E-state index contributed by atoms with van der Waals surface area (Å²) in [5.74, 6) is -1.97. The van der Waals surface area contributed by atoms with E-state index in [1.54, 1.807) is 21.6 Å². The van der Waals surface area contributed by atoms with Crippen LogP contribution in [0.3, 0.4) is 0 Å². The fourth-order valence-corrected chi connectivity index (χ4v) is 7.44. The van der Waals surface area contributed by atoms with Gasteiger partial charge in [0.25, 0.3) is 5.01 Å². The van der Waals surface area contributed by atoms with Crippen molar-refractivity contribution < 1.29 is 68.8 Å². The molecule has 210 valence electrons. The maximum Gasteiger partial charge on any atom is 1.00 e. The van der Waals surface area contributed by atoms with Gasteiger partial charge in [-0.3, -0.25) is 0 Å². The first kappa shape index (κ1) is 33.1. The van der Waals surface area contributed by atoms with Gasteiger partial charge in [-0.2, -0.15) is 4.57 Å². The van der Waals surface area contributed by atoms with Gasteiger partial charge in [0, 0.05) is 41.5 Å². The van der Waals surface area contributed by atoms with Crippen LogP contribution in [0.1, 0.15) is 31.2 Å². The second-order valence-electron chi connectivity index (χ2n) is 8.86. The molecule has 0 fully saturated rings. The molecule has 0 N–H and O–H groups in total. The van der Waals surface area contributed by atoms with Crippen molar-refractivity contribution in [3.8, 4) is 0 Å². The summed E-state index contributed by atoms with van der Waals surface area (Å²) in [6.45, 7) is 2.32. The maximum atomic E-state index is 14.0. The number of benzene rings is 2. The second-order valence-corrected chi connectivity index (χ2v) is 14.0. The van der Waals surface area contributed by atoms with Crippen LogP contribution in [0.4, 0.5) is 14.5 Å². The van der Waals surface area contributed by atoms with Crippen molar-refractivity contribution >= 4 is 65.3 Å². The summed E-state index contributed by atoms with van der Waals surface area (Å²) in [5.41, 5.74) is 2.01. The van der Waals surface area contributed by atoms with E-state index in [0.29, 0.717) is 17.6 Å². The Morgan fingerprint density at radius 2 is 1.65 bits per heavy atom. The zero-order chi connectivity index (χ0) is 28.4. The van der Waals surface area contributed by atoms with E-state index >= 15 is 0 Å². The van der Waals surface area contributed by atoms with Gasteiger partial charge in [0.2, 0.25) is 5.52 Å². The first-order valence-electron chi connectivity index (χ1n) is 12.0. The number of hydrogen-bond acceptors (Lipinski definition) is 9. The van der Waals surface area contributed by atoms with Crippen LogP contribution in [0.15, 0.2) is 58.0 Å². The summed E-state index contributed by atoms with van der Waals surface area (Å²) in [6, 6.07) is 8.69. The van der Waals surface area contributed by atoms with Crippen LogP contribution < -0.4 is 39.0 Å². The molecule has 0 spiro atoms. The Balaban J connectivity index is 0.00000441. The Labute approximate surface area is 262 Å². The smallest absolute Gasteiger partial charge is 0.748 e. The van der Waals surface area contributed by atoms with Crippen LogP contribution >= 0.6 is 23.1 Å². The normalized spacial score (nSPS) is 15.1. The van der Waals surface area contributed by atoms with Crippen molar-refractivity contribution in [3.05, 3.63) is 69.7 Å². The molecule has 1 aliphatic heterocycles. The number of hydrogen-bond donors (Lipinski definition) is 0. The Morgan fingerprint density at radius 1 is 1.00 bits per heavy atom. The predicted molar refractivity (Wildman–Crippen MR) is 146 cm³/mol. The zero-order valence-electron chi connectivity index (χ0n) is 21.8. The number of thioether (sulfide) groups is 1. The molecular formula is C25H25F2N2NaO6S4. The second kappa shape index (κ2) is 13.7. The fourth-order valence-electron chi connectivity index (χ4n) is 4.19. The molecule has 2 heterocycles. The van der Waals surface area contributed by atoms with Crippen molar-refractivity contribution in [1.29, 1.82) is 0 Å². The standard InChI is InChI=1S/C25H26F2N2O6S4.Na/c1-2-17(13-24-28(9-3-11-38(30,31)32)20-15-18(26)5-7-22(20)36-24)14-25-29(10-4-12-39(33,34)35)21-16-19(27)6-8-23(21)37-25;/h5-8,13-16H,2-4,9-12H2,1H3,(H-,30,31,32,33,34,35);/q;+1/p-1. The van der Waals surface area contributed by atoms with E-state index in [1.165, 1.54) is 47.4 Å². The third-order valence-electron chi connectivity index (χ3n) is 5.96. The van der Waals surface area contributed by atoms with E-state index in [1.807, 2.05) is 19.1 Å². The van der Waals surface area contributed by atoms with Crippen molar-refractivity contribution in [2.45, 2.75) is 37.6 Å². The van der Waals surface area contributed by atoms with E-state index in [0.717, 1.165) is 25.2 Å². The molecule has 0 saturated heterocycles. The minimum Gasteiger partial charge on any atom is -0.748 e. The average Bonchev–Trinajstić information content (AvgIpc) is 3.34. The van der Waals surface area contributed by atoms with Gasteiger partial charge in [-0.25, -0.2) is 25.6 Å². The number of nitrogens with zero attached hydrogens (tertiary/aromatic N) is 2. The van der Waals surface area contributed by atoms with Gasteiger partial charge in [-0.1, -0.05) is 30.0 Å². The third kappa shape index (κ3) is 8.82. The molecule has 0 atom stereocenters. The number of aryl methyl sites for hydroxylation is 1. The molecule has 4 rings (SSSR count). The number of fused-ring (bicyclic) bond motifs is 2. The molecular weight excluding hydrogens is 614 g/mol. The minimum absolute atomic E-state index is 0. The number of allylic oxidation sites excluding steroid dienone is 2. The van der Waals surface area contributed by atoms with E-state index in [-0.39, 0.29) is 55.5 Å². The summed E-state index contributed by atoms with van der Waals surface area (Å²) in [4.78, 5) is 2.57. The number of aromatic nitrogens is 1. The van der Waals surface area contributed by atoms with Gasteiger partial charge in [0.15, 0.2) is 6.54 Å². The molecule has 1 aliphatic rings. The van der Waals surface area contributed by atoms with Gasteiger partial charge in [0.1, 0.15) is 16.3 Å². The topological polar surface area (TPSA) is 122 Å². The Hall–Kier alpha value is -1.36. The summed E-state index contributed by atoms with van der Waals surface area (Å²) in [7, 11) is -8.80. The monoisotopic (exact) mass is 638 g/mol. The molecule has 0 unspecified atom stereocenters. The third-order valence-corrected chi connectivity index (χ3v) is 9.77. The number of halogens is 2. The summed E-state index contributed by atoms with van der Waals surface area (Å²) in [5, 5.41) is 1.45. The maximum absolute atomic E-state index is 14.0. The van der Waals surface area contributed by atoms with Crippen LogP contribution in [0.25, 0.3) is 16.3 Å².